The molecule has 0 bridgehead atoms. The summed E-state index contributed by atoms with van der Waals surface area (Å²) in [6.07, 6.45) is -0.578. The Balaban J connectivity index is 2.36. The Bertz CT molecular complexity index is 1080. The zero-order chi connectivity index (χ0) is 19.5. The average molecular weight is 477 g/mol. The van der Waals surface area contributed by atoms with Crippen LogP contribution in [-0.2, 0) is 24.3 Å². The van der Waals surface area contributed by atoms with E-state index in [0.29, 0.717) is 11.5 Å². The Morgan fingerprint density at radius 2 is 1.38 bits per heavy atom. The number of para-hydroxylation sites is 2. The molecule has 0 radical (unpaired) electrons. The van der Waals surface area contributed by atoms with E-state index < -0.39 is 30.7 Å². The van der Waals surface area contributed by atoms with Gasteiger partial charge in [0.1, 0.15) is 11.5 Å². The first-order valence-electron chi connectivity index (χ1n) is 7.66. The second kappa shape index (κ2) is 6.30. The predicted molar refractivity (Wildman–Crippen MR) is 109 cm³/mol. The molecule has 0 atom stereocenters. The third kappa shape index (κ3) is 3.21. The van der Waals surface area contributed by atoms with Gasteiger partial charge in [0.15, 0.2) is 25.2 Å². The summed E-state index contributed by atoms with van der Waals surface area (Å²) in [6.45, 7) is 4.01. The summed E-state index contributed by atoms with van der Waals surface area (Å²) < 4.78 is 56.1. The first-order chi connectivity index (χ1) is 11.8. The van der Waals surface area contributed by atoms with Crippen LogP contribution >= 0.6 is 22.3 Å². The normalized spacial score (nSPS) is 15.9. The molecule has 26 heavy (non-hydrogen) atoms. The molecule has 0 unspecified atom stereocenters. The van der Waals surface area contributed by atoms with Crippen LogP contribution in [0.4, 0.5) is 0 Å². The largest absolute Gasteiger partial charge is 0.455 e. The fourth-order valence-electron chi connectivity index (χ4n) is 3.22. The molecule has 1 aliphatic heterocycles. The molecule has 0 amide bonds. The van der Waals surface area contributed by atoms with Crippen molar-refractivity contribution in [3.8, 4) is 11.5 Å². The Kier molecular flexibility index (Phi) is 4.80. The van der Waals surface area contributed by atoms with Gasteiger partial charge in [-0.2, -0.15) is 0 Å². The van der Waals surface area contributed by atoms with Gasteiger partial charge in [-0.25, -0.2) is 16.8 Å². The fraction of sp³-hybridized carbons (Fsp3) is 0.294. The van der Waals surface area contributed by atoms with Gasteiger partial charge in [-0.1, -0.05) is 38.1 Å². The van der Waals surface area contributed by atoms with Gasteiger partial charge >= 0.3 is 0 Å². The molecule has 2 aromatic carbocycles. The van der Waals surface area contributed by atoms with Gasteiger partial charge in [0, 0.05) is 34.4 Å². The number of hydrogen-bond acceptors (Lipinski definition) is 5. The minimum atomic E-state index is -3.85. The van der Waals surface area contributed by atoms with E-state index in [4.69, 9.17) is 4.74 Å². The van der Waals surface area contributed by atoms with E-state index in [9.17, 15) is 16.8 Å². The van der Waals surface area contributed by atoms with Crippen molar-refractivity contribution in [2.45, 2.75) is 19.3 Å². The Hall–Kier alpha value is -0.950. The molecule has 0 aliphatic carbocycles. The summed E-state index contributed by atoms with van der Waals surface area (Å²) in [7, 11) is -7.70. The van der Waals surface area contributed by atoms with Crippen LogP contribution in [0.2, 0.25) is 0 Å². The maximum atomic E-state index is 12.3. The van der Waals surface area contributed by atoms with Crippen molar-refractivity contribution in [2.24, 2.45) is 0 Å². The van der Waals surface area contributed by atoms with Gasteiger partial charge in [-0.3, -0.25) is 0 Å². The van der Waals surface area contributed by atoms with Crippen molar-refractivity contribution in [1.29, 1.82) is 0 Å². The quantitative estimate of drug-likeness (QED) is 0.627. The Morgan fingerprint density at radius 3 is 1.92 bits per heavy atom. The van der Waals surface area contributed by atoms with Gasteiger partial charge in [-0.05, 0) is 28.1 Å². The molecule has 2 aromatic rings. The van der Waals surface area contributed by atoms with Gasteiger partial charge in [0.25, 0.3) is 0 Å². The molecule has 0 aromatic heterocycles. The van der Waals surface area contributed by atoms with Crippen LogP contribution in [0.5, 0.6) is 11.5 Å². The van der Waals surface area contributed by atoms with Crippen LogP contribution in [0, 0.1) is 0 Å². The second-order valence-corrected chi connectivity index (χ2v) is 18.4. The van der Waals surface area contributed by atoms with E-state index in [1.165, 1.54) is 6.07 Å². The lowest BCUT2D eigenvalue weighted by Gasteiger charge is -2.36. The zero-order valence-corrected chi connectivity index (χ0v) is 18.8. The summed E-state index contributed by atoms with van der Waals surface area (Å²) >= 11 is 3.47. The van der Waals surface area contributed by atoms with Crippen LogP contribution in [0.15, 0.2) is 40.9 Å². The molecule has 0 N–H and O–H groups in total. The monoisotopic (exact) mass is 476 g/mol. The van der Waals surface area contributed by atoms with E-state index in [2.05, 4.69) is 15.9 Å². The van der Waals surface area contributed by atoms with Crippen molar-refractivity contribution in [3.05, 3.63) is 52.0 Å². The summed E-state index contributed by atoms with van der Waals surface area (Å²) in [5.41, 5.74) is 1.23. The SMILES string of the molecule is CC1(C)c2cccc(Br)c2Oc2c(P(S(C)(=O)=O)S(C)(=O)=O)cccc21. The summed E-state index contributed by atoms with van der Waals surface area (Å²) in [5.74, 6) is 0.897. The van der Waals surface area contributed by atoms with Crippen LogP contribution in [0.25, 0.3) is 0 Å². The van der Waals surface area contributed by atoms with E-state index in [0.717, 1.165) is 28.1 Å². The van der Waals surface area contributed by atoms with Crippen molar-refractivity contribution < 1.29 is 21.6 Å². The minimum Gasteiger partial charge on any atom is -0.455 e. The lowest BCUT2D eigenvalue weighted by molar-refractivity contribution is 0.419. The molecule has 5 nitrogen and oxygen atoms in total. The summed E-state index contributed by atoms with van der Waals surface area (Å²) in [4.78, 5) is 0. The van der Waals surface area contributed by atoms with Gasteiger partial charge in [-0.15, -0.1) is 0 Å². The Labute approximate surface area is 163 Å². The molecule has 0 spiro atoms. The lowest BCUT2D eigenvalue weighted by Crippen LogP contribution is -2.28. The maximum absolute atomic E-state index is 12.3. The third-order valence-electron chi connectivity index (χ3n) is 4.31. The number of benzene rings is 2. The number of halogens is 1. The van der Waals surface area contributed by atoms with Crippen LogP contribution in [-0.4, -0.2) is 29.3 Å². The summed E-state index contributed by atoms with van der Waals surface area (Å²) in [5, 5.41) is 0.206. The molecule has 0 fully saturated rings. The highest BCUT2D eigenvalue weighted by atomic mass is 79.9. The van der Waals surface area contributed by atoms with Crippen molar-refractivity contribution in [2.75, 3.05) is 12.5 Å². The fourth-order valence-corrected chi connectivity index (χ4v) is 14.3. The highest BCUT2D eigenvalue weighted by Crippen LogP contribution is 2.55. The lowest BCUT2D eigenvalue weighted by atomic mass is 9.76. The molecule has 1 aliphatic rings. The third-order valence-corrected chi connectivity index (χ3v) is 16.6. The standard InChI is InChI=1S/C17H18BrO5PS2/c1-17(2)11-7-5-9-13(18)15(11)23-16-12(17)8-6-10-14(16)24(25(3,19)20)26(4,21)22/h5-10H,1-4H3. The first-order valence-corrected chi connectivity index (χ1v) is 14.8. The van der Waals surface area contributed by atoms with Crippen LogP contribution < -0.4 is 10.0 Å². The Morgan fingerprint density at radius 1 is 0.885 bits per heavy atom. The van der Waals surface area contributed by atoms with Gasteiger partial charge < -0.3 is 4.74 Å². The molecule has 1 heterocycles. The highest BCUT2D eigenvalue weighted by molar-refractivity contribution is 9.10. The maximum Gasteiger partial charge on any atom is 0.183 e. The minimum absolute atomic E-state index is 0.206. The predicted octanol–water partition coefficient (Wildman–Crippen LogP) is 3.91. The van der Waals surface area contributed by atoms with Crippen molar-refractivity contribution >= 4 is 46.5 Å². The topological polar surface area (TPSA) is 77.5 Å². The number of fused-ring (bicyclic) bond motifs is 2. The molecule has 140 valence electrons. The van der Waals surface area contributed by atoms with Crippen molar-refractivity contribution in [1.82, 2.24) is 0 Å². The van der Waals surface area contributed by atoms with Gasteiger partial charge in [0.2, 0.25) is 0 Å². The van der Waals surface area contributed by atoms with Crippen LogP contribution in [0.1, 0.15) is 25.0 Å². The van der Waals surface area contributed by atoms with E-state index in [1.807, 2.05) is 38.1 Å². The van der Waals surface area contributed by atoms with E-state index in [1.54, 1.807) is 6.07 Å². The first kappa shape index (κ1) is 19.8. The molecular formula is C17H18BrO5PS2. The van der Waals surface area contributed by atoms with Crippen molar-refractivity contribution in [3.63, 3.8) is 0 Å². The summed E-state index contributed by atoms with van der Waals surface area (Å²) in [6, 6.07) is 10.8. The molecular weight excluding hydrogens is 459 g/mol. The van der Waals surface area contributed by atoms with Gasteiger partial charge in [0.05, 0.1) is 4.47 Å². The average Bonchev–Trinajstić information content (AvgIpc) is 2.46. The van der Waals surface area contributed by atoms with E-state index in [-0.39, 0.29) is 5.30 Å². The smallest absolute Gasteiger partial charge is 0.183 e. The van der Waals surface area contributed by atoms with Crippen LogP contribution in [0.3, 0.4) is 0 Å². The molecule has 0 saturated carbocycles. The number of hydrogen-bond donors (Lipinski definition) is 0. The number of rotatable bonds is 3. The molecule has 9 heteroatoms. The number of ether oxygens (including phenoxy) is 1. The molecule has 0 saturated heterocycles. The highest BCUT2D eigenvalue weighted by Gasteiger charge is 2.42. The van der Waals surface area contributed by atoms with E-state index >= 15 is 0 Å². The zero-order valence-electron chi connectivity index (χ0n) is 14.6. The second-order valence-electron chi connectivity index (χ2n) is 6.72. The molecule has 3 rings (SSSR count).